The lowest BCUT2D eigenvalue weighted by atomic mass is 9.95. The third-order valence-corrected chi connectivity index (χ3v) is 7.42. The van der Waals surface area contributed by atoms with Crippen molar-refractivity contribution in [3.63, 3.8) is 0 Å². The highest BCUT2D eigenvalue weighted by Gasteiger charge is 2.48. The van der Waals surface area contributed by atoms with Crippen molar-refractivity contribution in [2.24, 2.45) is 0 Å². The topological polar surface area (TPSA) is 89.0 Å². The number of aliphatic hydroxyl groups excluding tert-OH is 1. The third kappa shape index (κ3) is 4.54. The van der Waals surface area contributed by atoms with E-state index in [0.717, 1.165) is 22.2 Å². The Morgan fingerprint density at radius 3 is 2.61 bits per heavy atom. The van der Waals surface area contributed by atoms with E-state index in [4.69, 9.17) is 14.5 Å². The largest absolute Gasteiger partial charge is 0.507 e. The Balaban J connectivity index is 1.69. The van der Waals surface area contributed by atoms with Crippen molar-refractivity contribution >= 4 is 44.1 Å². The van der Waals surface area contributed by atoms with Crippen molar-refractivity contribution in [3.8, 4) is 11.5 Å². The van der Waals surface area contributed by atoms with Crippen molar-refractivity contribution in [2.45, 2.75) is 19.4 Å². The van der Waals surface area contributed by atoms with Crippen molar-refractivity contribution in [1.29, 1.82) is 0 Å². The van der Waals surface area contributed by atoms with Gasteiger partial charge in [0, 0.05) is 5.56 Å². The number of amides is 1. The molecule has 1 amide bonds. The summed E-state index contributed by atoms with van der Waals surface area (Å²) in [5.74, 6) is -0.655. The number of ketones is 1. The molecule has 0 saturated carbocycles. The van der Waals surface area contributed by atoms with E-state index in [1.165, 1.54) is 16.2 Å². The first-order valence-corrected chi connectivity index (χ1v) is 12.9. The van der Waals surface area contributed by atoms with Crippen LogP contribution in [0.3, 0.4) is 0 Å². The number of benzene rings is 3. The van der Waals surface area contributed by atoms with Gasteiger partial charge in [-0.1, -0.05) is 49.1 Å². The zero-order valence-corrected chi connectivity index (χ0v) is 21.8. The summed E-state index contributed by atoms with van der Waals surface area (Å²) in [7, 11) is 1.54. The molecule has 0 spiro atoms. The highest BCUT2D eigenvalue weighted by Crippen LogP contribution is 2.45. The lowest BCUT2D eigenvalue weighted by Crippen LogP contribution is -2.29. The van der Waals surface area contributed by atoms with Gasteiger partial charge in [-0.15, -0.1) is 0 Å². The van der Waals surface area contributed by atoms with Gasteiger partial charge in [-0.3, -0.25) is 14.5 Å². The molecule has 2 heterocycles. The number of aryl methyl sites for hydroxylation is 1. The number of hydrogen-bond donors (Lipinski definition) is 1. The second-order valence-electron chi connectivity index (χ2n) is 8.72. The summed E-state index contributed by atoms with van der Waals surface area (Å²) < 4.78 is 11.8. The van der Waals surface area contributed by atoms with E-state index >= 15 is 0 Å². The molecule has 1 aromatic heterocycles. The molecule has 7 nitrogen and oxygen atoms in total. The Morgan fingerprint density at radius 1 is 1.11 bits per heavy atom. The Bertz CT molecular complexity index is 1570. The molecule has 0 bridgehead atoms. The minimum absolute atomic E-state index is 0.0189. The minimum Gasteiger partial charge on any atom is -0.507 e. The lowest BCUT2D eigenvalue weighted by molar-refractivity contribution is -0.132. The molecular formula is C30H26N2O5S. The molecule has 1 aliphatic heterocycles. The van der Waals surface area contributed by atoms with E-state index in [9.17, 15) is 14.7 Å². The van der Waals surface area contributed by atoms with Gasteiger partial charge in [0.05, 0.1) is 28.9 Å². The number of carbonyl (C=O) groups excluding carboxylic acids is 2. The normalized spacial score (nSPS) is 16.7. The van der Waals surface area contributed by atoms with Crippen LogP contribution >= 0.6 is 11.3 Å². The second-order valence-corrected chi connectivity index (χ2v) is 9.73. The number of aromatic nitrogens is 1. The molecule has 0 aliphatic carbocycles. The number of fused-ring (bicyclic) bond motifs is 1. The predicted octanol–water partition coefficient (Wildman–Crippen LogP) is 6.06. The predicted molar refractivity (Wildman–Crippen MR) is 149 cm³/mol. The van der Waals surface area contributed by atoms with Crippen LogP contribution in [-0.2, 0) is 16.0 Å². The van der Waals surface area contributed by atoms with Crippen molar-refractivity contribution in [3.05, 3.63) is 102 Å². The number of nitrogens with zero attached hydrogens (tertiary/aromatic N) is 2. The molecule has 0 radical (unpaired) electrons. The molecule has 1 saturated heterocycles. The van der Waals surface area contributed by atoms with Gasteiger partial charge in [0.1, 0.15) is 23.9 Å². The van der Waals surface area contributed by atoms with Gasteiger partial charge < -0.3 is 14.6 Å². The van der Waals surface area contributed by atoms with Gasteiger partial charge in [-0.2, -0.15) is 0 Å². The van der Waals surface area contributed by atoms with Gasteiger partial charge in [-0.25, -0.2) is 4.98 Å². The summed E-state index contributed by atoms with van der Waals surface area (Å²) in [5, 5.41) is 11.7. The van der Waals surface area contributed by atoms with Crippen LogP contribution in [0.5, 0.6) is 11.5 Å². The third-order valence-electron chi connectivity index (χ3n) is 6.41. The van der Waals surface area contributed by atoms with Crippen LogP contribution in [0.1, 0.15) is 29.7 Å². The van der Waals surface area contributed by atoms with Crippen LogP contribution in [-0.4, -0.2) is 35.5 Å². The number of hydrogen-bond acceptors (Lipinski definition) is 7. The zero-order valence-electron chi connectivity index (χ0n) is 21.0. The highest BCUT2D eigenvalue weighted by molar-refractivity contribution is 7.22. The maximum Gasteiger partial charge on any atom is 0.301 e. The fraction of sp³-hybridized carbons (Fsp3) is 0.167. The molecule has 4 aromatic rings. The van der Waals surface area contributed by atoms with Crippen LogP contribution in [0.25, 0.3) is 16.0 Å². The first kappa shape index (κ1) is 25.2. The highest BCUT2D eigenvalue weighted by atomic mass is 32.1. The van der Waals surface area contributed by atoms with Crippen molar-refractivity contribution in [2.75, 3.05) is 18.6 Å². The lowest BCUT2D eigenvalue weighted by Gasteiger charge is -2.23. The standard InChI is InChI=1S/C30H26N2O5S/c1-4-15-37-22-8-6-7-20(17-22)26-25(27(33)19-10-12-21(36-3)13-11-19)28(34)29(35)32(26)30-31-23-14-9-18(5-2)16-24(23)38-30/h4,6-14,16-17,26,33H,1,5,15H2,2-3H3/t26-/m0/s1. The number of aliphatic hydroxyl groups is 1. The average molecular weight is 527 g/mol. The van der Waals surface area contributed by atoms with E-state index in [0.29, 0.717) is 34.4 Å². The zero-order chi connectivity index (χ0) is 26.8. The summed E-state index contributed by atoms with van der Waals surface area (Å²) >= 11 is 1.34. The van der Waals surface area contributed by atoms with Crippen LogP contribution < -0.4 is 14.4 Å². The SMILES string of the molecule is C=CCOc1cccc([C@H]2C(=C(O)c3ccc(OC)cc3)C(=O)C(=O)N2c2nc3ccc(CC)cc3s2)c1. The summed E-state index contributed by atoms with van der Waals surface area (Å²) in [5.41, 5.74) is 2.87. The van der Waals surface area contributed by atoms with E-state index in [2.05, 4.69) is 13.5 Å². The van der Waals surface area contributed by atoms with Crippen LogP contribution in [0.15, 0.2) is 85.0 Å². The molecule has 0 unspecified atom stereocenters. The molecule has 3 aromatic carbocycles. The summed E-state index contributed by atoms with van der Waals surface area (Å²) in [6.07, 6.45) is 2.50. The van der Waals surface area contributed by atoms with Gasteiger partial charge >= 0.3 is 5.91 Å². The fourth-order valence-corrected chi connectivity index (χ4v) is 5.51. The molecule has 38 heavy (non-hydrogen) atoms. The molecule has 5 rings (SSSR count). The fourth-order valence-electron chi connectivity index (χ4n) is 4.46. The molecule has 1 N–H and O–H groups in total. The molecule has 1 atom stereocenters. The van der Waals surface area contributed by atoms with Crippen molar-refractivity contribution in [1.82, 2.24) is 4.98 Å². The monoisotopic (exact) mass is 526 g/mol. The number of carbonyl (C=O) groups is 2. The van der Waals surface area contributed by atoms with Gasteiger partial charge in [0.25, 0.3) is 5.78 Å². The summed E-state index contributed by atoms with van der Waals surface area (Å²) in [4.78, 5) is 33.1. The Kier molecular flexibility index (Phi) is 6.98. The maximum absolute atomic E-state index is 13.5. The number of ether oxygens (including phenoxy) is 2. The Labute approximate surface area is 224 Å². The Morgan fingerprint density at radius 2 is 1.89 bits per heavy atom. The molecule has 1 fully saturated rings. The molecule has 1 aliphatic rings. The molecule has 192 valence electrons. The number of Topliss-reactive ketones (excluding diaryl/α,β-unsaturated/α-hetero) is 1. The first-order valence-electron chi connectivity index (χ1n) is 12.1. The smallest absolute Gasteiger partial charge is 0.301 e. The van der Waals surface area contributed by atoms with Crippen LogP contribution in [0.2, 0.25) is 0 Å². The average Bonchev–Trinajstić information content (AvgIpc) is 3.49. The quantitative estimate of drug-likeness (QED) is 0.130. The Hall–Kier alpha value is -4.43. The van der Waals surface area contributed by atoms with E-state index in [1.807, 2.05) is 18.2 Å². The van der Waals surface area contributed by atoms with E-state index < -0.39 is 17.7 Å². The molecule has 8 heteroatoms. The van der Waals surface area contributed by atoms with Crippen molar-refractivity contribution < 1.29 is 24.2 Å². The number of anilines is 1. The minimum atomic E-state index is -0.907. The first-order chi connectivity index (χ1) is 18.4. The summed E-state index contributed by atoms with van der Waals surface area (Å²) in [6.45, 7) is 6.05. The summed E-state index contributed by atoms with van der Waals surface area (Å²) in [6, 6.07) is 18.8. The number of methoxy groups -OCH3 is 1. The maximum atomic E-state index is 13.5. The molecular weight excluding hydrogens is 500 g/mol. The van der Waals surface area contributed by atoms with Crippen LogP contribution in [0, 0.1) is 0 Å². The van der Waals surface area contributed by atoms with Gasteiger partial charge in [0.2, 0.25) is 0 Å². The number of rotatable bonds is 8. The van der Waals surface area contributed by atoms with E-state index in [-0.39, 0.29) is 11.3 Å². The second kappa shape index (κ2) is 10.5. The van der Waals surface area contributed by atoms with E-state index in [1.54, 1.807) is 61.7 Å². The van der Waals surface area contributed by atoms with Gasteiger partial charge in [0.15, 0.2) is 5.13 Å². The number of thiazole rings is 1. The van der Waals surface area contributed by atoms with Crippen LogP contribution in [0.4, 0.5) is 5.13 Å². The van der Waals surface area contributed by atoms with Gasteiger partial charge in [-0.05, 0) is 66.1 Å².